The molecule has 0 atom stereocenters. The monoisotopic (exact) mass is 258 g/mol. The van der Waals surface area contributed by atoms with Gasteiger partial charge in [-0.25, -0.2) is 15.0 Å². The fourth-order valence-electron chi connectivity index (χ4n) is 1.45. The first kappa shape index (κ1) is 11.3. The number of aryl methyl sites for hydroxylation is 1. The number of nitrogens with zero attached hydrogens (tertiary/aromatic N) is 7. The number of rotatable bonds is 4. The van der Waals surface area contributed by atoms with Crippen molar-refractivity contribution < 1.29 is 4.74 Å². The van der Waals surface area contributed by atoms with Gasteiger partial charge in [-0.05, 0) is 0 Å². The molecule has 9 nitrogen and oxygen atoms in total. The summed E-state index contributed by atoms with van der Waals surface area (Å²) in [7, 11) is 1.79. The van der Waals surface area contributed by atoms with E-state index in [1.54, 1.807) is 17.9 Å². The molecular weight excluding hydrogens is 248 g/mol. The molecular formula is C10H10N8O. The molecule has 0 aliphatic rings. The highest BCUT2D eigenvalue weighted by Crippen LogP contribution is 2.13. The van der Waals surface area contributed by atoms with Gasteiger partial charge in [-0.1, -0.05) is 0 Å². The normalized spacial score (nSPS) is 10.6. The minimum Gasteiger partial charge on any atom is -0.468 e. The van der Waals surface area contributed by atoms with Gasteiger partial charge in [-0.15, -0.1) is 0 Å². The molecule has 0 amide bonds. The SMILES string of the molecule is Cn1ncnc1COc1cncc(-c2ncn[nH]2)n1. The van der Waals surface area contributed by atoms with Crippen LogP contribution in [0.2, 0.25) is 0 Å². The molecule has 0 aliphatic heterocycles. The number of ether oxygens (including phenoxy) is 1. The predicted octanol–water partition coefficient (Wildman–Crippen LogP) is -0.0308. The van der Waals surface area contributed by atoms with Crippen molar-refractivity contribution in [3.05, 3.63) is 30.9 Å². The highest BCUT2D eigenvalue weighted by molar-refractivity contribution is 5.46. The molecule has 1 N–H and O–H groups in total. The van der Waals surface area contributed by atoms with Gasteiger partial charge in [0, 0.05) is 7.05 Å². The Hall–Kier alpha value is -2.84. The van der Waals surface area contributed by atoms with Crippen LogP contribution in [0.4, 0.5) is 0 Å². The Kier molecular flexibility index (Phi) is 2.85. The molecule has 19 heavy (non-hydrogen) atoms. The third-order valence-electron chi connectivity index (χ3n) is 2.42. The molecule has 96 valence electrons. The van der Waals surface area contributed by atoms with E-state index in [4.69, 9.17) is 4.74 Å². The number of H-pyrrole nitrogens is 1. The number of aromatic amines is 1. The zero-order valence-electron chi connectivity index (χ0n) is 10.1. The van der Waals surface area contributed by atoms with E-state index in [1.165, 1.54) is 18.9 Å². The molecule has 9 heteroatoms. The summed E-state index contributed by atoms with van der Waals surface area (Å²) in [6.07, 6.45) is 5.98. The second kappa shape index (κ2) is 4.80. The Morgan fingerprint density at radius 2 is 2.21 bits per heavy atom. The van der Waals surface area contributed by atoms with Crippen molar-refractivity contribution in [1.29, 1.82) is 0 Å². The maximum atomic E-state index is 5.51. The molecule has 0 aromatic carbocycles. The van der Waals surface area contributed by atoms with Gasteiger partial charge < -0.3 is 4.74 Å². The Bertz CT molecular complexity index is 662. The van der Waals surface area contributed by atoms with Crippen LogP contribution in [-0.2, 0) is 13.7 Å². The summed E-state index contributed by atoms with van der Waals surface area (Å²) >= 11 is 0. The van der Waals surface area contributed by atoms with Crippen molar-refractivity contribution in [3.63, 3.8) is 0 Å². The number of aromatic nitrogens is 8. The summed E-state index contributed by atoms with van der Waals surface area (Å²) in [5, 5.41) is 10.4. The van der Waals surface area contributed by atoms with Crippen molar-refractivity contribution in [3.8, 4) is 17.4 Å². The second-order valence-electron chi connectivity index (χ2n) is 3.67. The van der Waals surface area contributed by atoms with Gasteiger partial charge in [0.15, 0.2) is 11.6 Å². The quantitative estimate of drug-likeness (QED) is 0.700. The molecule has 0 radical (unpaired) electrons. The maximum Gasteiger partial charge on any atom is 0.233 e. The number of nitrogens with one attached hydrogen (secondary N) is 1. The van der Waals surface area contributed by atoms with Crippen LogP contribution >= 0.6 is 0 Å². The lowest BCUT2D eigenvalue weighted by atomic mass is 10.4. The minimum atomic E-state index is 0.269. The lowest BCUT2D eigenvalue weighted by molar-refractivity contribution is 0.277. The zero-order valence-corrected chi connectivity index (χ0v) is 10.1. The summed E-state index contributed by atoms with van der Waals surface area (Å²) in [5.41, 5.74) is 0.563. The van der Waals surface area contributed by atoms with E-state index in [2.05, 4.69) is 35.2 Å². The fraction of sp³-hybridized carbons (Fsp3) is 0.200. The maximum absolute atomic E-state index is 5.51. The van der Waals surface area contributed by atoms with Gasteiger partial charge in [-0.3, -0.25) is 14.8 Å². The molecule has 0 fully saturated rings. The van der Waals surface area contributed by atoms with Crippen LogP contribution in [0.15, 0.2) is 25.0 Å². The van der Waals surface area contributed by atoms with E-state index in [-0.39, 0.29) is 6.61 Å². The summed E-state index contributed by atoms with van der Waals surface area (Å²) in [6.45, 7) is 0.269. The lowest BCUT2D eigenvalue weighted by Gasteiger charge is -2.04. The van der Waals surface area contributed by atoms with Crippen LogP contribution in [0.5, 0.6) is 5.88 Å². The van der Waals surface area contributed by atoms with Crippen molar-refractivity contribution in [1.82, 2.24) is 39.9 Å². The Morgan fingerprint density at radius 3 is 2.95 bits per heavy atom. The number of hydrogen-bond donors (Lipinski definition) is 1. The van der Waals surface area contributed by atoms with Crippen molar-refractivity contribution in [2.75, 3.05) is 0 Å². The zero-order chi connectivity index (χ0) is 13.1. The molecule has 3 rings (SSSR count). The summed E-state index contributed by atoms with van der Waals surface area (Å²) < 4.78 is 7.14. The smallest absolute Gasteiger partial charge is 0.233 e. The van der Waals surface area contributed by atoms with Gasteiger partial charge in [0.1, 0.15) is 25.0 Å². The van der Waals surface area contributed by atoms with Crippen LogP contribution < -0.4 is 4.74 Å². The molecule has 0 aliphatic carbocycles. The number of hydrogen-bond acceptors (Lipinski definition) is 7. The minimum absolute atomic E-state index is 0.269. The van der Waals surface area contributed by atoms with Gasteiger partial charge in [-0.2, -0.15) is 10.2 Å². The van der Waals surface area contributed by atoms with E-state index in [0.717, 1.165) is 0 Å². The molecule has 0 spiro atoms. The first-order valence-electron chi connectivity index (χ1n) is 5.46. The summed E-state index contributed by atoms with van der Waals surface area (Å²) in [5.74, 6) is 1.63. The van der Waals surface area contributed by atoms with Crippen molar-refractivity contribution >= 4 is 0 Å². The van der Waals surface area contributed by atoms with E-state index >= 15 is 0 Å². The topological polar surface area (TPSA) is 107 Å². The fourth-order valence-corrected chi connectivity index (χ4v) is 1.45. The molecule has 3 aromatic heterocycles. The van der Waals surface area contributed by atoms with Crippen LogP contribution in [0, 0.1) is 0 Å². The lowest BCUT2D eigenvalue weighted by Crippen LogP contribution is -2.05. The third-order valence-corrected chi connectivity index (χ3v) is 2.42. The highest BCUT2D eigenvalue weighted by Gasteiger charge is 2.07. The Balaban J connectivity index is 1.75. The molecule has 0 saturated heterocycles. The second-order valence-corrected chi connectivity index (χ2v) is 3.67. The van der Waals surface area contributed by atoms with Gasteiger partial charge in [0.2, 0.25) is 5.88 Å². The standard InChI is InChI=1S/C10H10N8O/c1-18-8(12-6-15-18)4-19-9-3-11-2-7(16-9)10-13-5-14-17-10/h2-3,5-6H,4H2,1H3,(H,13,14,17). The van der Waals surface area contributed by atoms with Crippen LogP contribution in [0.25, 0.3) is 11.5 Å². The average molecular weight is 258 g/mol. The van der Waals surface area contributed by atoms with Gasteiger partial charge >= 0.3 is 0 Å². The van der Waals surface area contributed by atoms with E-state index in [9.17, 15) is 0 Å². The molecule has 0 unspecified atom stereocenters. The van der Waals surface area contributed by atoms with Crippen LogP contribution in [0.3, 0.4) is 0 Å². The van der Waals surface area contributed by atoms with Gasteiger partial charge in [0.25, 0.3) is 0 Å². The van der Waals surface area contributed by atoms with E-state index < -0.39 is 0 Å². The first-order valence-corrected chi connectivity index (χ1v) is 5.46. The van der Waals surface area contributed by atoms with Gasteiger partial charge in [0.05, 0.1) is 12.4 Å². The highest BCUT2D eigenvalue weighted by atomic mass is 16.5. The summed E-state index contributed by atoms with van der Waals surface area (Å²) in [4.78, 5) is 16.4. The molecule has 3 aromatic rings. The third kappa shape index (κ3) is 2.39. The Morgan fingerprint density at radius 1 is 1.26 bits per heavy atom. The first-order chi connectivity index (χ1) is 9.33. The van der Waals surface area contributed by atoms with E-state index in [1.807, 2.05) is 0 Å². The van der Waals surface area contributed by atoms with Crippen LogP contribution in [0.1, 0.15) is 5.82 Å². The predicted molar refractivity (Wildman–Crippen MR) is 62.7 cm³/mol. The largest absolute Gasteiger partial charge is 0.468 e. The van der Waals surface area contributed by atoms with Crippen molar-refractivity contribution in [2.45, 2.75) is 6.61 Å². The molecule has 0 bridgehead atoms. The molecule has 0 saturated carbocycles. The molecule has 3 heterocycles. The van der Waals surface area contributed by atoms with Crippen molar-refractivity contribution in [2.24, 2.45) is 7.05 Å². The summed E-state index contributed by atoms with van der Waals surface area (Å²) in [6, 6.07) is 0. The van der Waals surface area contributed by atoms with Crippen LogP contribution in [-0.4, -0.2) is 39.9 Å². The average Bonchev–Trinajstić information content (AvgIpc) is 3.08. The Labute approximate surface area is 107 Å². The van der Waals surface area contributed by atoms with E-state index in [0.29, 0.717) is 23.2 Å².